The Bertz CT molecular complexity index is 355. The molecule has 0 saturated heterocycles. The number of hydrogen-bond acceptors (Lipinski definition) is 2. The van der Waals surface area contributed by atoms with Crippen molar-refractivity contribution in [2.24, 2.45) is 17.3 Å². The van der Waals surface area contributed by atoms with Crippen LogP contribution in [0, 0.1) is 17.3 Å². The van der Waals surface area contributed by atoms with Gasteiger partial charge in [-0.1, -0.05) is 26.0 Å². The maximum absolute atomic E-state index is 11.1. The highest BCUT2D eigenvalue weighted by molar-refractivity contribution is 5.75. The molecule has 102 valence electrons. The summed E-state index contributed by atoms with van der Waals surface area (Å²) >= 11 is 0. The second-order valence-electron chi connectivity index (χ2n) is 6.20. The first-order chi connectivity index (χ1) is 8.24. The molecule has 1 N–H and O–H groups in total. The highest BCUT2D eigenvalue weighted by atomic mass is 16.4. The van der Waals surface area contributed by atoms with Gasteiger partial charge in [0.2, 0.25) is 0 Å². The molecule has 0 bridgehead atoms. The Kier molecular flexibility index (Phi) is 4.71. The molecule has 2 atom stereocenters. The van der Waals surface area contributed by atoms with E-state index in [0.29, 0.717) is 24.7 Å². The third-order valence-electron chi connectivity index (χ3n) is 4.23. The van der Waals surface area contributed by atoms with E-state index in [2.05, 4.69) is 20.4 Å². The Morgan fingerprint density at radius 1 is 1.28 bits per heavy atom. The second-order valence-corrected chi connectivity index (χ2v) is 6.20. The Hall–Kier alpha value is -1.12. The molecule has 3 heteroatoms. The zero-order valence-electron chi connectivity index (χ0n) is 11.7. The van der Waals surface area contributed by atoms with E-state index in [1.54, 1.807) is 6.92 Å². The van der Waals surface area contributed by atoms with Crippen molar-refractivity contribution in [1.82, 2.24) is 0 Å². The Morgan fingerprint density at radius 2 is 1.89 bits per heavy atom. The largest absolute Gasteiger partial charge is 0.481 e. The molecule has 3 nitrogen and oxygen atoms in total. The van der Waals surface area contributed by atoms with Crippen molar-refractivity contribution in [3.63, 3.8) is 0 Å². The summed E-state index contributed by atoms with van der Waals surface area (Å²) in [6.45, 7) is 10.1. The molecule has 0 amide bonds. The van der Waals surface area contributed by atoms with Crippen LogP contribution in [0.3, 0.4) is 0 Å². The van der Waals surface area contributed by atoms with E-state index < -0.39 is 5.97 Å². The zero-order chi connectivity index (χ0) is 13.9. The number of aliphatic carboxylic acids is 1. The molecular formula is C15H24O3. The predicted molar refractivity (Wildman–Crippen MR) is 71.3 cm³/mol. The molecule has 1 saturated carbocycles. The minimum atomic E-state index is -0.769. The first-order valence-corrected chi connectivity index (χ1v) is 6.63. The average Bonchev–Trinajstić information content (AvgIpc) is 2.22. The minimum absolute atomic E-state index is 0.162. The predicted octanol–water partition coefficient (Wildman–Crippen LogP) is 3.44. The lowest BCUT2D eigenvalue weighted by Gasteiger charge is -2.53. The molecule has 18 heavy (non-hydrogen) atoms. The Balaban J connectivity index is 2.52. The quantitative estimate of drug-likeness (QED) is 0.706. The second kappa shape index (κ2) is 5.68. The van der Waals surface area contributed by atoms with Crippen molar-refractivity contribution >= 4 is 11.8 Å². The summed E-state index contributed by atoms with van der Waals surface area (Å²) in [4.78, 5) is 21.7. The molecule has 0 aromatic carbocycles. The number of carbonyl (C=O) groups excluding carboxylic acids is 1. The van der Waals surface area contributed by atoms with Gasteiger partial charge in [0.25, 0.3) is 0 Å². The third-order valence-corrected chi connectivity index (χ3v) is 4.23. The van der Waals surface area contributed by atoms with Gasteiger partial charge in [-0.05, 0) is 43.4 Å². The maximum atomic E-state index is 11.1. The summed E-state index contributed by atoms with van der Waals surface area (Å²) in [6, 6.07) is 0. The summed E-state index contributed by atoms with van der Waals surface area (Å²) in [5.74, 6) is 0.337. The SMILES string of the molecule is C=C(CCC(=O)O)[C@H]1CC(C)(C)[C@@H]1CCC(C)=O. The number of Topliss-reactive ketones (excluding diaryl/α,β-unsaturated/α-hetero) is 1. The lowest BCUT2D eigenvalue weighted by Crippen LogP contribution is -2.44. The molecule has 0 heterocycles. The molecule has 1 rings (SSSR count). The van der Waals surface area contributed by atoms with E-state index in [1.807, 2.05) is 0 Å². The van der Waals surface area contributed by atoms with Crippen LogP contribution in [0.4, 0.5) is 0 Å². The number of carbonyl (C=O) groups is 2. The van der Waals surface area contributed by atoms with Gasteiger partial charge in [0.15, 0.2) is 0 Å². The van der Waals surface area contributed by atoms with Crippen LogP contribution in [0.2, 0.25) is 0 Å². The van der Waals surface area contributed by atoms with Crippen LogP contribution in [0.25, 0.3) is 0 Å². The first-order valence-electron chi connectivity index (χ1n) is 6.63. The van der Waals surface area contributed by atoms with Gasteiger partial charge in [0.1, 0.15) is 5.78 Å². The van der Waals surface area contributed by atoms with Gasteiger partial charge in [0, 0.05) is 12.8 Å². The Morgan fingerprint density at radius 3 is 2.33 bits per heavy atom. The Labute approximate surface area is 109 Å². The number of carboxylic acid groups (broad SMARTS) is 1. The number of carboxylic acids is 1. The highest BCUT2D eigenvalue weighted by Crippen LogP contribution is 2.55. The van der Waals surface area contributed by atoms with Crippen molar-refractivity contribution < 1.29 is 14.7 Å². The standard InChI is InChI=1S/C15H24O3/c1-10(5-8-14(17)18)12-9-15(3,4)13(12)7-6-11(2)16/h12-13H,1,5-9H2,2-4H3,(H,17,18)/t12-,13-/m1/s1. The fourth-order valence-electron chi connectivity index (χ4n) is 3.08. The van der Waals surface area contributed by atoms with Gasteiger partial charge in [-0.25, -0.2) is 0 Å². The summed E-state index contributed by atoms with van der Waals surface area (Å²) in [7, 11) is 0. The lowest BCUT2D eigenvalue weighted by molar-refractivity contribution is -0.137. The smallest absolute Gasteiger partial charge is 0.303 e. The first kappa shape index (κ1) is 14.9. The average molecular weight is 252 g/mol. The molecule has 1 aliphatic rings. The maximum Gasteiger partial charge on any atom is 0.303 e. The topological polar surface area (TPSA) is 54.4 Å². The van der Waals surface area contributed by atoms with Crippen molar-refractivity contribution in [2.45, 2.75) is 52.9 Å². The summed E-state index contributed by atoms with van der Waals surface area (Å²) in [5, 5.41) is 8.69. The van der Waals surface area contributed by atoms with Gasteiger partial charge in [-0.15, -0.1) is 0 Å². The van der Waals surface area contributed by atoms with Crippen molar-refractivity contribution in [3.8, 4) is 0 Å². The fourth-order valence-corrected chi connectivity index (χ4v) is 3.08. The molecule has 0 aromatic rings. The molecule has 0 aromatic heterocycles. The number of ketones is 1. The number of allylic oxidation sites excluding steroid dienone is 1. The van der Waals surface area contributed by atoms with E-state index in [-0.39, 0.29) is 17.6 Å². The van der Waals surface area contributed by atoms with Gasteiger partial charge < -0.3 is 9.90 Å². The molecule has 0 unspecified atom stereocenters. The van der Waals surface area contributed by atoms with Gasteiger partial charge >= 0.3 is 5.97 Å². The van der Waals surface area contributed by atoms with Crippen LogP contribution in [0.1, 0.15) is 52.9 Å². The minimum Gasteiger partial charge on any atom is -0.481 e. The third kappa shape index (κ3) is 3.69. The van der Waals surface area contributed by atoms with Crippen molar-refractivity contribution in [2.75, 3.05) is 0 Å². The lowest BCUT2D eigenvalue weighted by atomic mass is 9.52. The van der Waals surface area contributed by atoms with Crippen LogP contribution in [0.15, 0.2) is 12.2 Å². The van der Waals surface area contributed by atoms with Crippen LogP contribution >= 0.6 is 0 Å². The fraction of sp³-hybridized carbons (Fsp3) is 0.733. The number of hydrogen-bond donors (Lipinski definition) is 1. The highest BCUT2D eigenvalue weighted by Gasteiger charge is 2.47. The molecule has 1 fully saturated rings. The monoisotopic (exact) mass is 252 g/mol. The van der Waals surface area contributed by atoms with Gasteiger partial charge in [0.05, 0.1) is 0 Å². The molecular weight excluding hydrogens is 228 g/mol. The molecule has 0 radical (unpaired) electrons. The molecule has 0 aliphatic heterocycles. The normalized spacial score (nSPS) is 25.3. The van der Waals surface area contributed by atoms with Crippen molar-refractivity contribution in [3.05, 3.63) is 12.2 Å². The summed E-state index contributed by atoms with van der Waals surface area (Å²) in [5.41, 5.74) is 1.30. The van der Waals surface area contributed by atoms with Crippen LogP contribution < -0.4 is 0 Å². The van der Waals surface area contributed by atoms with Gasteiger partial charge in [-0.3, -0.25) is 4.79 Å². The van der Waals surface area contributed by atoms with E-state index in [4.69, 9.17) is 5.11 Å². The molecule has 1 aliphatic carbocycles. The van der Waals surface area contributed by atoms with Crippen LogP contribution in [-0.2, 0) is 9.59 Å². The van der Waals surface area contributed by atoms with Crippen LogP contribution in [0.5, 0.6) is 0 Å². The summed E-state index contributed by atoms with van der Waals surface area (Å²) < 4.78 is 0. The zero-order valence-corrected chi connectivity index (χ0v) is 11.7. The molecule has 0 spiro atoms. The van der Waals surface area contributed by atoms with E-state index >= 15 is 0 Å². The van der Waals surface area contributed by atoms with Gasteiger partial charge in [-0.2, -0.15) is 0 Å². The van der Waals surface area contributed by atoms with E-state index in [1.165, 1.54) is 0 Å². The van der Waals surface area contributed by atoms with Crippen molar-refractivity contribution in [1.29, 1.82) is 0 Å². The number of rotatable bonds is 7. The van der Waals surface area contributed by atoms with E-state index in [0.717, 1.165) is 18.4 Å². The van der Waals surface area contributed by atoms with Crippen LogP contribution in [-0.4, -0.2) is 16.9 Å². The van der Waals surface area contributed by atoms with E-state index in [9.17, 15) is 9.59 Å². The summed E-state index contributed by atoms with van der Waals surface area (Å²) in [6.07, 6.45) is 3.31.